The lowest BCUT2D eigenvalue weighted by Crippen LogP contribution is -1.95. The maximum absolute atomic E-state index is 10.1. The lowest BCUT2D eigenvalue weighted by Gasteiger charge is -2.06. The van der Waals surface area contributed by atoms with E-state index in [0.29, 0.717) is 0 Å². The summed E-state index contributed by atoms with van der Waals surface area (Å²) in [5.41, 5.74) is 0.918. The average Bonchev–Trinajstić information content (AvgIpc) is 2.74. The van der Waals surface area contributed by atoms with Crippen LogP contribution in [0.15, 0.2) is 29.6 Å². The van der Waals surface area contributed by atoms with Gasteiger partial charge in [-0.05, 0) is 59.2 Å². The zero-order chi connectivity index (χ0) is 11.0. The molecule has 1 unspecified atom stereocenters. The number of hydrogen-bond acceptors (Lipinski definition) is 3. The molecule has 0 aliphatic carbocycles. The van der Waals surface area contributed by atoms with Gasteiger partial charge in [0.2, 0.25) is 0 Å². The Morgan fingerprint density at radius 1 is 1.13 bits per heavy atom. The van der Waals surface area contributed by atoms with Crippen molar-refractivity contribution in [3.05, 3.63) is 40.0 Å². The van der Waals surface area contributed by atoms with Crippen molar-refractivity contribution in [2.45, 2.75) is 6.10 Å². The zero-order valence-electron chi connectivity index (χ0n) is 7.21. The van der Waals surface area contributed by atoms with Crippen molar-refractivity contribution in [2.75, 3.05) is 0 Å². The van der Waals surface area contributed by atoms with Crippen LogP contribution in [0.2, 0.25) is 0 Å². The molecule has 80 valence electrons. The number of aliphatic hydroxyl groups is 1. The minimum Gasteiger partial charge on any atom is -0.383 e. The number of thiophene rings is 2. The summed E-state index contributed by atoms with van der Waals surface area (Å²) in [5.74, 6) is 0. The van der Waals surface area contributed by atoms with Gasteiger partial charge in [0.25, 0.3) is 0 Å². The molecule has 1 N–H and O–H groups in total. The molecular weight excluding hydrogens is 428 g/mol. The average molecular weight is 433 g/mol. The third-order valence-corrected chi connectivity index (χ3v) is 6.93. The van der Waals surface area contributed by atoms with Crippen molar-refractivity contribution < 1.29 is 5.11 Å². The molecule has 0 aromatic carbocycles. The van der Waals surface area contributed by atoms with Crippen LogP contribution in [-0.4, -0.2) is 5.11 Å². The molecule has 0 aliphatic rings. The second-order valence-corrected chi connectivity index (χ2v) is 7.70. The van der Waals surface area contributed by atoms with Crippen LogP contribution in [-0.2, 0) is 0 Å². The normalized spacial score (nSPS) is 13.1. The summed E-state index contributed by atoms with van der Waals surface area (Å²) in [6, 6.07) is 1.93. The summed E-state index contributed by atoms with van der Waals surface area (Å²) < 4.78 is 2.94. The fraction of sp³-hybridized carbons (Fsp3) is 0.111. The van der Waals surface area contributed by atoms with Gasteiger partial charge in [0.05, 0.1) is 3.79 Å². The Kier molecular flexibility index (Phi) is 4.07. The van der Waals surface area contributed by atoms with E-state index in [-0.39, 0.29) is 0 Å². The molecule has 6 heteroatoms. The molecule has 0 saturated heterocycles. The van der Waals surface area contributed by atoms with Gasteiger partial charge in [-0.3, -0.25) is 0 Å². The van der Waals surface area contributed by atoms with E-state index < -0.39 is 6.10 Å². The SMILES string of the molecule is OC(c1cc(Br)c(Br)s1)c1cscc1Br. The Morgan fingerprint density at radius 3 is 2.33 bits per heavy atom. The van der Waals surface area contributed by atoms with E-state index in [1.165, 1.54) is 11.3 Å². The van der Waals surface area contributed by atoms with Crippen LogP contribution in [0.5, 0.6) is 0 Å². The van der Waals surface area contributed by atoms with Gasteiger partial charge in [0, 0.05) is 24.8 Å². The van der Waals surface area contributed by atoms with Gasteiger partial charge in [-0.2, -0.15) is 11.3 Å². The quantitative estimate of drug-likeness (QED) is 0.693. The van der Waals surface area contributed by atoms with E-state index >= 15 is 0 Å². The van der Waals surface area contributed by atoms with Crippen LogP contribution in [0, 0.1) is 0 Å². The Morgan fingerprint density at radius 2 is 1.87 bits per heavy atom. The van der Waals surface area contributed by atoms with E-state index in [9.17, 15) is 5.11 Å². The highest BCUT2D eigenvalue weighted by molar-refractivity contribution is 9.13. The summed E-state index contributed by atoms with van der Waals surface area (Å²) >= 11 is 13.4. The number of hydrogen-bond donors (Lipinski definition) is 1. The molecule has 2 rings (SSSR count). The fourth-order valence-electron chi connectivity index (χ4n) is 1.14. The van der Waals surface area contributed by atoms with E-state index in [2.05, 4.69) is 47.8 Å². The first-order chi connectivity index (χ1) is 7.09. The van der Waals surface area contributed by atoms with Crippen LogP contribution < -0.4 is 0 Å². The molecule has 2 heterocycles. The van der Waals surface area contributed by atoms with E-state index in [1.54, 1.807) is 11.3 Å². The van der Waals surface area contributed by atoms with Crippen molar-refractivity contribution >= 4 is 70.5 Å². The first kappa shape index (κ1) is 12.3. The molecule has 0 bridgehead atoms. The third-order valence-electron chi connectivity index (χ3n) is 1.87. The Labute approximate surface area is 121 Å². The largest absolute Gasteiger partial charge is 0.383 e. The standard InChI is InChI=1S/C9H5Br3OS2/c10-5-1-7(15-9(5)12)8(13)4-2-14-3-6(4)11/h1-3,8,13H. The minimum atomic E-state index is -0.557. The van der Waals surface area contributed by atoms with Crippen molar-refractivity contribution in [3.63, 3.8) is 0 Å². The highest BCUT2D eigenvalue weighted by Gasteiger charge is 2.17. The van der Waals surface area contributed by atoms with Crippen LogP contribution in [0.25, 0.3) is 0 Å². The number of halogens is 3. The Hall–Kier alpha value is 0.800. The van der Waals surface area contributed by atoms with Crippen molar-refractivity contribution in [1.29, 1.82) is 0 Å². The first-order valence-corrected chi connectivity index (χ1v) is 8.08. The Bertz CT molecular complexity index is 458. The van der Waals surface area contributed by atoms with Crippen LogP contribution in [0.4, 0.5) is 0 Å². The first-order valence-electron chi connectivity index (χ1n) is 3.94. The molecule has 15 heavy (non-hydrogen) atoms. The summed E-state index contributed by atoms with van der Waals surface area (Å²) in [5, 5.41) is 14.1. The predicted octanol–water partition coefficient (Wildman–Crippen LogP) is 5.18. The molecule has 2 aromatic heterocycles. The van der Waals surface area contributed by atoms with Crippen molar-refractivity contribution in [1.82, 2.24) is 0 Å². The maximum Gasteiger partial charge on any atom is 0.115 e. The van der Waals surface area contributed by atoms with E-state index in [1.807, 2.05) is 16.8 Å². The lowest BCUT2D eigenvalue weighted by molar-refractivity contribution is 0.224. The smallest absolute Gasteiger partial charge is 0.115 e. The van der Waals surface area contributed by atoms with Gasteiger partial charge < -0.3 is 5.11 Å². The molecule has 0 aliphatic heterocycles. The molecule has 0 spiro atoms. The van der Waals surface area contributed by atoms with E-state index in [4.69, 9.17) is 0 Å². The molecule has 1 atom stereocenters. The van der Waals surface area contributed by atoms with E-state index in [0.717, 1.165) is 23.2 Å². The molecule has 0 fully saturated rings. The fourth-order valence-corrected chi connectivity index (χ4v) is 4.77. The predicted molar refractivity (Wildman–Crippen MR) is 75.8 cm³/mol. The lowest BCUT2D eigenvalue weighted by atomic mass is 10.2. The molecule has 0 radical (unpaired) electrons. The van der Waals surface area contributed by atoms with Gasteiger partial charge in [0.1, 0.15) is 6.10 Å². The molecule has 1 nitrogen and oxygen atoms in total. The third kappa shape index (κ3) is 2.56. The van der Waals surface area contributed by atoms with Gasteiger partial charge >= 0.3 is 0 Å². The summed E-state index contributed by atoms with van der Waals surface area (Å²) in [6.45, 7) is 0. The highest BCUT2D eigenvalue weighted by atomic mass is 79.9. The summed E-state index contributed by atoms with van der Waals surface area (Å²) in [6.07, 6.45) is -0.557. The van der Waals surface area contributed by atoms with Crippen LogP contribution >= 0.6 is 70.5 Å². The highest BCUT2D eigenvalue weighted by Crippen LogP contribution is 2.39. The van der Waals surface area contributed by atoms with Gasteiger partial charge in [-0.25, -0.2) is 0 Å². The second-order valence-electron chi connectivity index (χ2n) is 2.85. The van der Waals surface area contributed by atoms with Crippen molar-refractivity contribution in [2.24, 2.45) is 0 Å². The van der Waals surface area contributed by atoms with Gasteiger partial charge in [-0.15, -0.1) is 11.3 Å². The van der Waals surface area contributed by atoms with Gasteiger partial charge in [-0.1, -0.05) is 0 Å². The summed E-state index contributed by atoms with van der Waals surface area (Å²) in [4.78, 5) is 0.924. The number of aliphatic hydroxyl groups excluding tert-OH is 1. The van der Waals surface area contributed by atoms with Gasteiger partial charge in [0.15, 0.2) is 0 Å². The molecule has 0 saturated carbocycles. The zero-order valence-corrected chi connectivity index (χ0v) is 13.6. The minimum absolute atomic E-state index is 0.557. The van der Waals surface area contributed by atoms with Crippen LogP contribution in [0.3, 0.4) is 0 Å². The second kappa shape index (κ2) is 4.98. The number of rotatable bonds is 2. The van der Waals surface area contributed by atoms with Crippen LogP contribution in [0.1, 0.15) is 16.5 Å². The topological polar surface area (TPSA) is 20.2 Å². The maximum atomic E-state index is 10.1. The monoisotopic (exact) mass is 430 g/mol. The Balaban J connectivity index is 2.36. The molecule has 2 aromatic rings. The molecular formula is C9H5Br3OS2. The van der Waals surface area contributed by atoms with Crippen molar-refractivity contribution in [3.8, 4) is 0 Å². The molecule has 0 amide bonds. The summed E-state index contributed by atoms with van der Waals surface area (Å²) in [7, 11) is 0.